The summed E-state index contributed by atoms with van der Waals surface area (Å²) in [7, 11) is -3.83. The monoisotopic (exact) mass is 345 g/mol. The fourth-order valence-electron chi connectivity index (χ4n) is 2.28. The van der Waals surface area contributed by atoms with E-state index in [4.69, 9.17) is 9.88 Å². The summed E-state index contributed by atoms with van der Waals surface area (Å²) in [5, 5.41) is 17.4. The number of rotatable bonds is 6. The molecule has 0 saturated heterocycles. The van der Waals surface area contributed by atoms with Crippen molar-refractivity contribution in [2.45, 2.75) is 25.3 Å². The molecule has 126 valence electrons. The Morgan fingerprint density at radius 1 is 1.25 bits per heavy atom. The normalized spacial score (nSPS) is 10.9. The largest absolute Gasteiger partial charge is 0.494 e. The van der Waals surface area contributed by atoms with Crippen LogP contribution in [0.15, 0.2) is 41.3 Å². The Bertz CT molecular complexity index is 886. The van der Waals surface area contributed by atoms with Gasteiger partial charge in [-0.2, -0.15) is 5.26 Å². The molecule has 0 radical (unpaired) electrons. The zero-order chi connectivity index (χ0) is 17.7. The van der Waals surface area contributed by atoms with Crippen LogP contribution in [0, 0.1) is 18.3 Å². The van der Waals surface area contributed by atoms with Gasteiger partial charge in [-0.05, 0) is 49.2 Å². The van der Waals surface area contributed by atoms with Crippen LogP contribution in [0.4, 0.5) is 5.69 Å². The van der Waals surface area contributed by atoms with Gasteiger partial charge in [0.25, 0.3) is 0 Å². The second-order valence-electron chi connectivity index (χ2n) is 5.25. The van der Waals surface area contributed by atoms with Gasteiger partial charge in [-0.25, -0.2) is 13.6 Å². The first kappa shape index (κ1) is 17.8. The van der Waals surface area contributed by atoms with E-state index in [1.807, 2.05) is 38.1 Å². The Kier molecular flexibility index (Phi) is 5.44. The summed E-state index contributed by atoms with van der Waals surface area (Å²) in [6, 6.07) is 12.0. The Morgan fingerprint density at radius 3 is 2.58 bits per heavy atom. The van der Waals surface area contributed by atoms with Crippen molar-refractivity contribution in [3.8, 4) is 11.8 Å². The van der Waals surface area contributed by atoms with Gasteiger partial charge in [0.1, 0.15) is 11.8 Å². The molecule has 2 aromatic carbocycles. The number of hydrogen-bond acceptors (Lipinski definition) is 5. The van der Waals surface area contributed by atoms with Gasteiger partial charge in [-0.15, -0.1) is 0 Å². The van der Waals surface area contributed by atoms with Crippen molar-refractivity contribution in [1.82, 2.24) is 0 Å². The number of sulfonamides is 1. The number of primary sulfonamides is 1. The van der Waals surface area contributed by atoms with Gasteiger partial charge >= 0.3 is 0 Å². The van der Waals surface area contributed by atoms with E-state index in [9.17, 15) is 13.7 Å². The molecule has 0 saturated carbocycles. The highest BCUT2D eigenvalue weighted by atomic mass is 32.2. The third-order valence-electron chi connectivity index (χ3n) is 3.46. The number of aryl methyl sites for hydroxylation is 1. The Balaban J connectivity index is 2.18. The maximum Gasteiger partial charge on any atom is 0.238 e. The number of ether oxygens (including phenoxy) is 1. The van der Waals surface area contributed by atoms with E-state index in [1.165, 1.54) is 12.1 Å². The molecule has 0 unspecified atom stereocenters. The van der Waals surface area contributed by atoms with Crippen LogP contribution in [0.3, 0.4) is 0 Å². The lowest BCUT2D eigenvalue weighted by Crippen LogP contribution is -2.12. The molecule has 3 N–H and O–H groups in total. The topological polar surface area (TPSA) is 105 Å². The summed E-state index contributed by atoms with van der Waals surface area (Å²) in [6.45, 7) is 5.01. The fourth-order valence-corrected chi connectivity index (χ4v) is 2.82. The van der Waals surface area contributed by atoms with Crippen LogP contribution in [0.1, 0.15) is 23.6 Å². The van der Waals surface area contributed by atoms with Crippen LogP contribution in [0.2, 0.25) is 0 Å². The predicted octanol–water partition coefficient (Wildman–Crippen LogP) is 2.52. The lowest BCUT2D eigenvalue weighted by molar-refractivity contribution is 0.338. The maximum atomic E-state index is 11.4. The molecule has 6 nitrogen and oxygen atoms in total. The van der Waals surface area contributed by atoms with E-state index in [-0.39, 0.29) is 10.5 Å². The van der Waals surface area contributed by atoms with Gasteiger partial charge < -0.3 is 10.1 Å². The highest BCUT2D eigenvalue weighted by molar-refractivity contribution is 7.89. The van der Waals surface area contributed by atoms with Crippen molar-refractivity contribution in [3.05, 3.63) is 53.1 Å². The van der Waals surface area contributed by atoms with Crippen LogP contribution < -0.4 is 15.2 Å². The molecule has 0 aliphatic heterocycles. The van der Waals surface area contributed by atoms with E-state index in [0.29, 0.717) is 18.8 Å². The summed E-state index contributed by atoms with van der Waals surface area (Å²) in [6.07, 6.45) is 0. The van der Waals surface area contributed by atoms with Crippen LogP contribution in [-0.2, 0) is 16.6 Å². The summed E-state index contributed by atoms with van der Waals surface area (Å²) in [5.74, 6) is 0.844. The zero-order valence-electron chi connectivity index (χ0n) is 13.5. The number of anilines is 1. The lowest BCUT2D eigenvalue weighted by Gasteiger charge is -2.12. The molecule has 2 aromatic rings. The number of nitrogens with one attached hydrogen (secondary N) is 1. The summed E-state index contributed by atoms with van der Waals surface area (Å²) in [4.78, 5) is -0.0819. The van der Waals surface area contributed by atoms with Crippen molar-refractivity contribution in [2.75, 3.05) is 11.9 Å². The van der Waals surface area contributed by atoms with Crippen LogP contribution >= 0.6 is 0 Å². The van der Waals surface area contributed by atoms with Gasteiger partial charge in [0.2, 0.25) is 10.0 Å². The molecule has 0 bridgehead atoms. The molecule has 24 heavy (non-hydrogen) atoms. The van der Waals surface area contributed by atoms with E-state index in [1.54, 1.807) is 6.07 Å². The van der Waals surface area contributed by atoms with Gasteiger partial charge in [-0.3, -0.25) is 0 Å². The SMILES string of the molecule is CCOc1ccc(CNc2ccc(S(N)(=O)=O)cc2C#N)cc1C. The Morgan fingerprint density at radius 2 is 2.00 bits per heavy atom. The van der Waals surface area contributed by atoms with Crippen molar-refractivity contribution < 1.29 is 13.2 Å². The van der Waals surface area contributed by atoms with Crippen LogP contribution in [-0.4, -0.2) is 15.0 Å². The number of hydrogen-bond donors (Lipinski definition) is 2. The number of nitrogens with two attached hydrogens (primary N) is 1. The number of nitriles is 1. The first-order valence-corrected chi connectivity index (χ1v) is 8.93. The van der Waals surface area contributed by atoms with Crippen molar-refractivity contribution in [2.24, 2.45) is 5.14 Å². The lowest BCUT2D eigenvalue weighted by atomic mass is 10.1. The first-order valence-electron chi connectivity index (χ1n) is 7.38. The summed E-state index contributed by atoms with van der Waals surface area (Å²) in [5.41, 5.74) is 2.83. The molecule has 0 spiro atoms. The minimum Gasteiger partial charge on any atom is -0.494 e. The van der Waals surface area contributed by atoms with Crippen molar-refractivity contribution >= 4 is 15.7 Å². The van der Waals surface area contributed by atoms with Crippen LogP contribution in [0.25, 0.3) is 0 Å². The van der Waals surface area contributed by atoms with Crippen molar-refractivity contribution in [3.63, 3.8) is 0 Å². The second-order valence-corrected chi connectivity index (χ2v) is 6.81. The molecule has 0 aromatic heterocycles. The van der Waals surface area contributed by atoms with E-state index < -0.39 is 10.0 Å². The molecule has 0 aliphatic rings. The third-order valence-corrected chi connectivity index (χ3v) is 4.37. The molecule has 0 heterocycles. The van der Waals surface area contributed by atoms with E-state index in [0.717, 1.165) is 16.9 Å². The molecular weight excluding hydrogens is 326 g/mol. The Labute approximate surface area is 141 Å². The Hall–Kier alpha value is -2.56. The minimum absolute atomic E-state index is 0.0819. The van der Waals surface area contributed by atoms with Crippen LogP contribution in [0.5, 0.6) is 5.75 Å². The van der Waals surface area contributed by atoms with Crippen molar-refractivity contribution in [1.29, 1.82) is 5.26 Å². The summed E-state index contributed by atoms with van der Waals surface area (Å²) >= 11 is 0. The van der Waals surface area contributed by atoms with E-state index in [2.05, 4.69) is 5.32 Å². The molecule has 0 aliphatic carbocycles. The number of benzene rings is 2. The number of nitrogens with zero attached hydrogens (tertiary/aromatic N) is 1. The van der Waals surface area contributed by atoms with E-state index >= 15 is 0 Å². The fraction of sp³-hybridized carbons (Fsp3) is 0.235. The standard InChI is InChI=1S/C17H19N3O3S/c1-3-23-17-7-4-13(8-12(17)2)11-20-16-6-5-15(24(19,21)22)9-14(16)10-18/h4-9,20H,3,11H2,1-2H3,(H2,19,21,22). The highest BCUT2D eigenvalue weighted by Gasteiger charge is 2.11. The quantitative estimate of drug-likeness (QED) is 0.837. The molecule has 2 rings (SSSR count). The molecule has 0 fully saturated rings. The average Bonchev–Trinajstić information content (AvgIpc) is 2.54. The third kappa shape index (κ3) is 4.25. The first-order chi connectivity index (χ1) is 11.3. The molecule has 0 atom stereocenters. The molecular formula is C17H19N3O3S. The second kappa shape index (κ2) is 7.34. The predicted molar refractivity (Wildman–Crippen MR) is 92.2 cm³/mol. The van der Waals surface area contributed by atoms with Gasteiger partial charge in [0.05, 0.1) is 22.8 Å². The molecule has 7 heteroatoms. The smallest absolute Gasteiger partial charge is 0.238 e. The average molecular weight is 345 g/mol. The van der Waals surface area contributed by atoms with Gasteiger partial charge in [0.15, 0.2) is 0 Å². The van der Waals surface area contributed by atoms with Gasteiger partial charge in [-0.1, -0.05) is 12.1 Å². The molecule has 0 amide bonds. The highest BCUT2D eigenvalue weighted by Crippen LogP contribution is 2.22. The maximum absolute atomic E-state index is 11.4. The summed E-state index contributed by atoms with van der Waals surface area (Å²) < 4.78 is 28.2. The minimum atomic E-state index is -3.83. The zero-order valence-corrected chi connectivity index (χ0v) is 14.4. The van der Waals surface area contributed by atoms with Gasteiger partial charge in [0, 0.05) is 6.54 Å².